The summed E-state index contributed by atoms with van der Waals surface area (Å²) in [5.74, 6) is 0. The standard InChI is InChI=1S/C8H16F3NO4S/c1-7(2,6-13)16-5-3-4-12-17(14,15)8(9,10)11/h12-13H,3-6H2,1-2H3. The molecule has 0 rings (SSSR count). The van der Waals surface area contributed by atoms with E-state index in [0.717, 1.165) is 0 Å². The van der Waals surface area contributed by atoms with Crippen molar-refractivity contribution in [3.8, 4) is 0 Å². The molecule has 0 aromatic rings. The molecule has 104 valence electrons. The van der Waals surface area contributed by atoms with Crippen LogP contribution < -0.4 is 4.72 Å². The van der Waals surface area contributed by atoms with Gasteiger partial charge in [-0.1, -0.05) is 0 Å². The van der Waals surface area contributed by atoms with Crippen LogP contribution in [0.3, 0.4) is 0 Å². The fraction of sp³-hybridized carbons (Fsp3) is 1.00. The van der Waals surface area contributed by atoms with Crippen molar-refractivity contribution in [2.75, 3.05) is 19.8 Å². The number of sulfonamides is 1. The first-order chi connectivity index (χ1) is 7.52. The highest BCUT2D eigenvalue weighted by Gasteiger charge is 2.45. The lowest BCUT2D eigenvalue weighted by Gasteiger charge is -2.22. The third-order valence-electron chi connectivity index (χ3n) is 1.79. The number of ether oxygens (including phenoxy) is 1. The predicted molar refractivity (Wildman–Crippen MR) is 54.7 cm³/mol. The van der Waals surface area contributed by atoms with Crippen LogP contribution in [0.25, 0.3) is 0 Å². The number of aliphatic hydroxyl groups excluding tert-OH is 1. The van der Waals surface area contributed by atoms with Crippen LogP contribution in [0.5, 0.6) is 0 Å². The van der Waals surface area contributed by atoms with Gasteiger partial charge in [-0.15, -0.1) is 0 Å². The third-order valence-corrected chi connectivity index (χ3v) is 2.99. The predicted octanol–water partition coefficient (Wildman–Crippen LogP) is 0.603. The molecule has 0 aromatic heterocycles. The van der Waals surface area contributed by atoms with Gasteiger partial charge in [0.2, 0.25) is 0 Å². The Bertz CT molecular complexity index is 326. The van der Waals surface area contributed by atoms with Gasteiger partial charge in [-0.2, -0.15) is 13.2 Å². The first-order valence-corrected chi connectivity index (χ1v) is 6.31. The monoisotopic (exact) mass is 279 g/mol. The van der Waals surface area contributed by atoms with Crippen LogP contribution in [0.1, 0.15) is 20.3 Å². The molecule has 0 aliphatic rings. The lowest BCUT2D eigenvalue weighted by molar-refractivity contribution is -0.0544. The van der Waals surface area contributed by atoms with Gasteiger partial charge in [0.15, 0.2) is 0 Å². The molecule has 17 heavy (non-hydrogen) atoms. The van der Waals surface area contributed by atoms with Crippen LogP contribution in [0.15, 0.2) is 0 Å². The summed E-state index contributed by atoms with van der Waals surface area (Å²) in [4.78, 5) is 0. The smallest absolute Gasteiger partial charge is 0.393 e. The molecule has 0 spiro atoms. The maximum absolute atomic E-state index is 11.9. The molecule has 0 aliphatic heterocycles. The number of nitrogens with one attached hydrogen (secondary N) is 1. The van der Waals surface area contributed by atoms with E-state index in [0.29, 0.717) is 0 Å². The van der Waals surface area contributed by atoms with Gasteiger partial charge in [0.25, 0.3) is 0 Å². The van der Waals surface area contributed by atoms with Gasteiger partial charge in [0, 0.05) is 13.2 Å². The molecule has 0 amide bonds. The molecule has 0 saturated carbocycles. The van der Waals surface area contributed by atoms with Gasteiger partial charge < -0.3 is 9.84 Å². The first-order valence-electron chi connectivity index (χ1n) is 4.82. The molecular formula is C8H16F3NO4S. The topological polar surface area (TPSA) is 75.6 Å². The highest BCUT2D eigenvalue weighted by molar-refractivity contribution is 7.90. The number of alkyl halides is 3. The summed E-state index contributed by atoms with van der Waals surface area (Å²) < 4.78 is 63.2. The largest absolute Gasteiger partial charge is 0.511 e. The van der Waals surface area contributed by atoms with Crippen molar-refractivity contribution in [2.45, 2.75) is 31.4 Å². The quantitative estimate of drug-likeness (QED) is 0.669. The molecule has 0 atom stereocenters. The van der Waals surface area contributed by atoms with E-state index < -0.39 is 21.1 Å². The molecule has 0 radical (unpaired) electrons. The number of hydrogen-bond acceptors (Lipinski definition) is 4. The van der Waals surface area contributed by atoms with Gasteiger partial charge in [-0.05, 0) is 20.3 Å². The minimum Gasteiger partial charge on any atom is -0.393 e. The van der Waals surface area contributed by atoms with Crippen molar-refractivity contribution < 1.29 is 31.4 Å². The maximum atomic E-state index is 11.9. The highest BCUT2D eigenvalue weighted by Crippen LogP contribution is 2.21. The van der Waals surface area contributed by atoms with E-state index in [4.69, 9.17) is 9.84 Å². The SMILES string of the molecule is CC(C)(CO)OCCCNS(=O)(=O)C(F)(F)F. The first kappa shape index (κ1) is 16.6. The molecule has 0 fully saturated rings. The summed E-state index contributed by atoms with van der Waals surface area (Å²) in [6.45, 7) is 2.65. The molecule has 0 aliphatic carbocycles. The van der Waals surface area contributed by atoms with Gasteiger partial charge in [0.05, 0.1) is 12.2 Å². The second kappa shape index (κ2) is 5.98. The minimum atomic E-state index is -5.29. The van der Waals surface area contributed by atoms with Gasteiger partial charge in [-0.3, -0.25) is 0 Å². The number of hydrogen-bond donors (Lipinski definition) is 2. The Labute approximate surface area is 98.0 Å². The Morgan fingerprint density at radius 2 is 1.82 bits per heavy atom. The van der Waals surface area contributed by atoms with E-state index in [2.05, 4.69) is 0 Å². The Hall–Kier alpha value is -0.380. The van der Waals surface area contributed by atoms with Gasteiger partial charge in [-0.25, -0.2) is 13.1 Å². The zero-order valence-corrected chi connectivity index (χ0v) is 10.4. The molecule has 0 aromatic carbocycles. The summed E-state index contributed by atoms with van der Waals surface area (Å²) in [5, 5.41) is 8.80. The zero-order valence-electron chi connectivity index (χ0n) is 9.54. The van der Waals surface area contributed by atoms with E-state index in [1.807, 2.05) is 0 Å². The minimum absolute atomic E-state index is 0.0495. The van der Waals surface area contributed by atoms with Crippen molar-refractivity contribution in [2.24, 2.45) is 0 Å². The van der Waals surface area contributed by atoms with Crippen LogP contribution in [-0.4, -0.2) is 44.4 Å². The van der Waals surface area contributed by atoms with Crippen molar-refractivity contribution in [3.63, 3.8) is 0 Å². The summed E-state index contributed by atoms with van der Waals surface area (Å²) in [5.41, 5.74) is -6.08. The van der Waals surface area contributed by atoms with Crippen LogP contribution in [-0.2, 0) is 14.8 Å². The normalized spacial score (nSPS) is 14.0. The molecular weight excluding hydrogens is 263 g/mol. The Morgan fingerprint density at radius 1 is 1.29 bits per heavy atom. The van der Waals surface area contributed by atoms with Crippen molar-refractivity contribution in [3.05, 3.63) is 0 Å². The van der Waals surface area contributed by atoms with E-state index >= 15 is 0 Å². The Balaban J connectivity index is 3.88. The Kier molecular flexibility index (Phi) is 5.85. The fourth-order valence-corrected chi connectivity index (χ4v) is 1.33. The summed E-state index contributed by atoms with van der Waals surface area (Å²) >= 11 is 0. The molecule has 0 unspecified atom stereocenters. The average molecular weight is 279 g/mol. The number of aliphatic hydroxyl groups is 1. The van der Waals surface area contributed by atoms with E-state index in [-0.39, 0.29) is 26.2 Å². The summed E-state index contributed by atoms with van der Waals surface area (Å²) in [7, 11) is -5.27. The second-order valence-corrected chi connectivity index (χ2v) is 5.72. The Morgan fingerprint density at radius 3 is 2.24 bits per heavy atom. The van der Waals surface area contributed by atoms with Crippen LogP contribution >= 0.6 is 0 Å². The van der Waals surface area contributed by atoms with Crippen LogP contribution in [0, 0.1) is 0 Å². The van der Waals surface area contributed by atoms with Crippen molar-refractivity contribution in [1.82, 2.24) is 4.72 Å². The van der Waals surface area contributed by atoms with Crippen LogP contribution in [0.4, 0.5) is 13.2 Å². The molecule has 9 heteroatoms. The number of halogens is 3. The lowest BCUT2D eigenvalue weighted by atomic mass is 10.1. The third kappa shape index (κ3) is 6.20. The maximum Gasteiger partial charge on any atom is 0.511 e. The van der Waals surface area contributed by atoms with Crippen molar-refractivity contribution >= 4 is 10.0 Å². The zero-order chi connectivity index (χ0) is 13.7. The second-order valence-electron chi connectivity index (χ2n) is 3.96. The molecule has 0 heterocycles. The van der Waals surface area contributed by atoms with Gasteiger partial charge >= 0.3 is 15.5 Å². The van der Waals surface area contributed by atoms with E-state index in [9.17, 15) is 21.6 Å². The molecule has 0 bridgehead atoms. The average Bonchev–Trinajstić information content (AvgIpc) is 2.15. The summed E-state index contributed by atoms with van der Waals surface area (Å²) in [6, 6.07) is 0. The van der Waals surface area contributed by atoms with Gasteiger partial charge in [0.1, 0.15) is 0 Å². The van der Waals surface area contributed by atoms with E-state index in [1.54, 1.807) is 13.8 Å². The summed E-state index contributed by atoms with van der Waals surface area (Å²) in [6.07, 6.45) is 0.0821. The fourth-order valence-electron chi connectivity index (χ4n) is 0.755. The van der Waals surface area contributed by atoms with E-state index in [1.165, 1.54) is 4.72 Å². The molecule has 2 N–H and O–H groups in total. The lowest BCUT2D eigenvalue weighted by Crippen LogP contribution is -2.37. The highest BCUT2D eigenvalue weighted by atomic mass is 32.2. The molecule has 5 nitrogen and oxygen atoms in total. The number of rotatable bonds is 7. The molecule has 0 saturated heterocycles. The van der Waals surface area contributed by atoms with Crippen LogP contribution in [0.2, 0.25) is 0 Å². The van der Waals surface area contributed by atoms with Crippen molar-refractivity contribution in [1.29, 1.82) is 0 Å².